The predicted molar refractivity (Wildman–Crippen MR) is 120 cm³/mol. The summed E-state index contributed by atoms with van der Waals surface area (Å²) in [5.74, 6) is 0.215. The first kappa shape index (κ1) is 22.6. The van der Waals surface area contributed by atoms with E-state index in [0.29, 0.717) is 31.7 Å². The molecular weight excluding hydrogens is 454 g/mol. The van der Waals surface area contributed by atoms with Crippen LogP contribution in [-0.4, -0.2) is 53.8 Å². The molecule has 2 aromatic rings. The van der Waals surface area contributed by atoms with Crippen LogP contribution in [0.3, 0.4) is 0 Å². The lowest BCUT2D eigenvalue weighted by Crippen LogP contribution is -2.28. The molecule has 0 bridgehead atoms. The van der Waals surface area contributed by atoms with Crippen LogP contribution in [0.1, 0.15) is 25.7 Å². The van der Waals surface area contributed by atoms with Gasteiger partial charge in [0.2, 0.25) is 15.9 Å². The van der Waals surface area contributed by atoms with E-state index in [0.717, 1.165) is 19.3 Å². The number of rotatable bonds is 7. The van der Waals surface area contributed by atoms with Crippen molar-refractivity contribution in [1.82, 2.24) is 4.31 Å². The lowest BCUT2D eigenvalue weighted by atomic mass is 10.3. The van der Waals surface area contributed by atoms with Crippen LogP contribution in [0, 0.1) is 0 Å². The zero-order chi connectivity index (χ0) is 22.9. The average Bonchev–Trinajstić information content (AvgIpc) is 3.46. The average molecular weight is 480 g/mol. The minimum absolute atomic E-state index is 0.000735. The molecule has 0 aromatic heterocycles. The number of nitrogens with one attached hydrogen (secondary N) is 1. The van der Waals surface area contributed by atoms with E-state index < -0.39 is 20.0 Å². The van der Waals surface area contributed by atoms with E-state index in [1.807, 2.05) is 0 Å². The summed E-state index contributed by atoms with van der Waals surface area (Å²) in [5, 5.41) is 0. The lowest BCUT2D eigenvalue weighted by Gasteiger charge is -2.18. The van der Waals surface area contributed by atoms with Crippen molar-refractivity contribution in [3.63, 3.8) is 0 Å². The third kappa shape index (κ3) is 4.32. The molecule has 0 aliphatic carbocycles. The second kappa shape index (κ2) is 8.72. The maximum Gasteiger partial charge on any atom is 0.262 e. The molecule has 172 valence electrons. The van der Waals surface area contributed by atoms with E-state index in [9.17, 15) is 21.6 Å². The van der Waals surface area contributed by atoms with Gasteiger partial charge in [-0.25, -0.2) is 16.8 Å². The van der Waals surface area contributed by atoms with E-state index in [-0.39, 0.29) is 27.1 Å². The fraction of sp³-hybridized carbons (Fsp3) is 0.381. The number of benzene rings is 2. The van der Waals surface area contributed by atoms with Crippen molar-refractivity contribution >= 4 is 37.3 Å². The number of anilines is 2. The van der Waals surface area contributed by atoms with Crippen LogP contribution in [0.15, 0.2) is 52.3 Å². The number of carbonyl (C=O) groups excluding carboxylic acids is 1. The van der Waals surface area contributed by atoms with Gasteiger partial charge >= 0.3 is 0 Å². The van der Waals surface area contributed by atoms with Crippen molar-refractivity contribution in [2.24, 2.45) is 0 Å². The Morgan fingerprint density at radius 2 is 1.53 bits per heavy atom. The van der Waals surface area contributed by atoms with Crippen LogP contribution < -0.4 is 14.4 Å². The highest BCUT2D eigenvalue weighted by atomic mass is 32.2. The maximum atomic E-state index is 13.0. The van der Waals surface area contributed by atoms with Crippen molar-refractivity contribution in [1.29, 1.82) is 0 Å². The summed E-state index contributed by atoms with van der Waals surface area (Å²) in [6.45, 7) is 1.50. The highest BCUT2D eigenvalue weighted by molar-refractivity contribution is 7.92. The number of ether oxygens (including phenoxy) is 1. The molecule has 2 aromatic carbocycles. The van der Waals surface area contributed by atoms with Gasteiger partial charge in [0.1, 0.15) is 5.75 Å². The van der Waals surface area contributed by atoms with Crippen LogP contribution in [-0.2, 0) is 24.8 Å². The van der Waals surface area contributed by atoms with E-state index in [1.165, 1.54) is 41.7 Å². The summed E-state index contributed by atoms with van der Waals surface area (Å²) < 4.78 is 60.8. The van der Waals surface area contributed by atoms with Crippen LogP contribution >= 0.6 is 0 Å². The Kier molecular flexibility index (Phi) is 6.15. The first-order valence-electron chi connectivity index (χ1n) is 10.3. The van der Waals surface area contributed by atoms with E-state index in [1.54, 1.807) is 17.0 Å². The monoisotopic (exact) mass is 479 g/mol. The summed E-state index contributed by atoms with van der Waals surface area (Å²) in [4.78, 5) is 13.5. The highest BCUT2D eigenvalue weighted by Crippen LogP contribution is 2.32. The normalized spacial score (nSPS) is 17.7. The van der Waals surface area contributed by atoms with Crippen molar-refractivity contribution in [3.05, 3.63) is 42.5 Å². The Bertz CT molecular complexity index is 1220. The van der Waals surface area contributed by atoms with Crippen molar-refractivity contribution in [2.75, 3.05) is 36.4 Å². The number of amides is 1. The Hall–Kier alpha value is -2.63. The van der Waals surface area contributed by atoms with Crippen LogP contribution in [0.4, 0.5) is 11.4 Å². The second-order valence-corrected chi connectivity index (χ2v) is 11.3. The Labute approximate surface area is 188 Å². The number of hydrogen-bond donors (Lipinski definition) is 1. The molecular formula is C21H25N3O6S2. The van der Waals surface area contributed by atoms with Gasteiger partial charge in [-0.15, -0.1) is 0 Å². The fourth-order valence-corrected chi connectivity index (χ4v) is 6.54. The topological polar surface area (TPSA) is 113 Å². The molecule has 32 heavy (non-hydrogen) atoms. The summed E-state index contributed by atoms with van der Waals surface area (Å²) in [6, 6.07) is 10.1. The minimum atomic E-state index is -4.02. The first-order chi connectivity index (χ1) is 15.2. The molecule has 0 atom stereocenters. The van der Waals surface area contributed by atoms with Gasteiger partial charge in [0.15, 0.2) is 0 Å². The third-order valence-electron chi connectivity index (χ3n) is 5.65. The first-order valence-corrected chi connectivity index (χ1v) is 13.3. The number of carbonyl (C=O) groups is 1. The maximum absolute atomic E-state index is 13.0. The van der Waals surface area contributed by atoms with Gasteiger partial charge < -0.3 is 9.64 Å². The number of nitrogens with zero attached hydrogens (tertiary/aromatic N) is 2. The summed E-state index contributed by atoms with van der Waals surface area (Å²) in [7, 11) is -6.37. The standard InChI is InChI=1S/C21H25N3O6S2/c1-30-20-11-10-18(32(28,29)23-12-2-3-13-23)15-19(20)22-31(26,27)17-8-6-16(7-9-17)24-14-4-5-21(24)25/h6-11,15,22H,2-5,12-14H2,1H3. The quantitative estimate of drug-likeness (QED) is 0.653. The molecule has 2 heterocycles. The Balaban J connectivity index is 1.61. The lowest BCUT2D eigenvalue weighted by molar-refractivity contribution is -0.117. The highest BCUT2D eigenvalue weighted by Gasteiger charge is 2.29. The number of sulfonamides is 2. The van der Waals surface area contributed by atoms with Crippen molar-refractivity contribution in [2.45, 2.75) is 35.5 Å². The molecule has 1 N–H and O–H groups in total. The molecule has 2 aliphatic heterocycles. The van der Waals surface area contributed by atoms with Gasteiger partial charge in [0.25, 0.3) is 10.0 Å². The largest absolute Gasteiger partial charge is 0.495 e. The van der Waals surface area contributed by atoms with E-state index in [2.05, 4.69) is 4.72 Å². The molecule has 9 nitrogen and oxygen atoms in total. The number of hydrogen-bond acceptors (Lipinski definition) is 6. The van der Waals surface area contributed by atoms with Crippen LogP contribution in [0.5, 0.6) is 5.75 Å². The molecule has 0 radical (unpaired) electrons. The van der Waals surface area contributed by atoms with Gasteiger partial charge in [-0.2, -0.15) is 4.31 Å². The summed E-state index contributed by atoms with van der Waals surface area (Å²) >= 11 is 0. The van der Waals surface area contributed by atoms with Crippen LogP contribution in [0.25, 0.3) is 0 Å². The fourth-order valence-electron chi connectivity index (χ4n) is 3.93. The van der Waals surface area contributed by atoms with Crippen molar-refractivity contribution in [3.8, 4) is 5.75 Å². The molecule has 1 amide bonds. The SMILES string of the molecule is COc1ccc(S(=O)(=O)N2CCCC2)cc1NS(=O)(=O)c1ccc(N2CCCC2=O)cc1. The Morgan fingerprint density at radius 1 is 0.875 bits per heavy atom. The second-order valence-electron chi connectivity index (χ2n) is 7.72. The Morgan fingerprint density at radius 3 is 2.12 bits per heavy atom. The zero-order valence-electron chi connectivity index (χ0n) is 17.7. The minimum Gasteiger partial charge on any atom is -0.495 e. The van der Waals surface area contributed by atoms with Gasteiger partial charge in [-0.3, -0.25) is 9.52 Å². The molecule has 0 unspecified atom stereocenters. The summed E-state index contributed by atoms with van der Waals surface area (Å²) in [5.41, 5.74) is 0.675. The molecule has 2 fully saturated rings. The molecule has 2 aliphatic rings. The molecule has 0 saturated carbocycles. The van der Waals surface area contributed by atoms with E-state index >= 15 is 0 Å². The summed E-state index contributed by atoms with van der Waals surface area (Å²) in [6.07, 6.45) is 2.86. The van der Waals surface area contributed by atoms with Gasteiger partial charge in [-0.1, -0.05) is 0 Å². The smallest absolute Gasteiger partial charge is 0.262 e. The van der Waals surface area contributed by atoms with Crippen molar-refractivity contribution < 1.29 is 26.4 Å². The van der Waals surface area contributed by atoms with E-state index in [4.69, 9.17) is 4.74 Å². The third-order valence-corrected chi connectivity index (χ3v) is 8.93. The molecule has 2 saturated heterocycles. The van der Waals surface area contributed by atoms with Gasteiger partial charge in [-0.05, 0) is 61.7 Å². The van der Waals surface area contributed by atoms with Crippen LogP contribution in [0.2, 0.25) is 0 Å². The zero-order valence-corrected chi connectivity index (χ0v) is 19.3. The molecule has 11 heteroatoms. The molecule has 4 rings (SSSR count). The number of methoxy groups -OCH3 is 1. The molecule has 0 spiro atoms. The van der Waals surface area contributed by atoms with Gasteiger partial charge in [0, 0.05) is 31.7 Å². The predicted octanol–water partition coefficient (Wildman–Crippen LogP) is 2.41. The van der Waals surface area contributed by atoms with Gasteiger partial charge in [0.05, 0.1) is 22.6 Å².